The van der Waals surface area contributed by atoms with E-state index in [1.165, 1.54) is 12.1 Å². The summed E-state index contributed by atoms with van der Waals surface area (Å²) in [6, 6.07) is 4.58. The Bertz CT molecular complexity index is 750. The number of likely N-dealkylation sites (tertiary alicyclic amines) is 1. The number of nitro groups is 1. The van der Waals surface area contributed by atoms with Gasteiger partial charge in [0.2, 0.25) is 15.9 Å². The molecule has 9 nitrogen and oxygen atoms in total. The highest BCUT2D eigenvalue weighted by Gasteiger charge is 2.28. The molecule has 1 aliphatic rings. The first-order chi connectivity index (χ1) is 12.2. The third-order valence-corrected chi connectivity index (χ3v) is 6.04. The summed E-state index contributed by atoms with van der Waals surface area (Å²) in [6.45, 7) is 3.12. The number of amides is 1. The van der Waals surface area contributed by atoms with Crippen LogP contribution >= 0.6 is 0 Å². The SMILES string of the molecule is CC1CCN(C(=O)CCNS(=O)(=O)c2ccc([N+](=O)[O-])cc2)C(CN)C1. The van der Waals surface area contributed by atoms with E-state index in [-0.39, 0.29) is 35.5 Å². The van der Waals surface area contributed by atoms with Crippen molar-refractivity contribution >= 4 is 21.6 Å². The molecule has 0 aliphatic carbocycles. The second-order valence-electron chi connectivity index (χ2n) is 6.50. The number of hydrogen-bond acceptors (Lipinski definition) is 6. The lowest BCUT2D eigenvalue weighted by molar-refractivity contribution is -0.384. The number of hydrogen-bond donors (Lipinski definition) is 2. The van der Waals surface area contributed by atoms with Crippen LogP contribution in [0.25, 0.3) is 0 Å². The quantitative estimate of drug-likeness (QED) is 0.528. The number of carbonyl (C=O) groups excluding carboxylic acids is 1. The normalized spacial score (nSPS) is 20.8. The highest BCUT2D eigenvalue weighted by atomic mass is 32.2. The molecule has 1 amide bonds. The highest BCUT2D eigenvalue weighted by Crippen LogP contribution is 2.22. The number of carbonyl (C=O) groups is 1. The topological polar surface area (TPSA) is 136 Å². The number of non-ortho nitro benzene ring substituents is 1. The summed E-state index contributed by atoms with van der Waals surface area (Å²) >= 11 is 0. The predicted octanol–water partition coefficient (Wildman–Crippen LogP) is 0.849. The van der Waals surface area contributed by atoms with Gasteiger partial charge in [0.05, 0.1) is 9.82 Å². The molecule has 1 aromatic carbocycles. The largest absolute Gasteiger partial charge is 0.338 e. The van der Waals surface area contributed by atoms with Crippen LogP contribution in [0.15, 0.2) is 29.2 Å². The zero-order chi connectivity index (χ0) is 19.3. The van der Waals surface area contributed by atoms with Gasteiger partial charge >= 0.3 is 0 Å². The molecule has 0 spiro atoms. The van der Waals surface area contributed by atoms with Crippen molar-refractivity contribution in [2.24, 2.45) is 11.7 Å². The van der Waals surface area contributed by atoms with Gasteiger partial charge in [-0.1, -0.05) is 6.92 Å². The van der Waals surface area contributed by atoms with E-state index in [4.69, 9.17) is 5.73 Å². The molecule has 1 fully saturated rings. The Labute approximate surface area is 152 Å². The number of piperidine rings is 1. The molecule has 0 saturated carbocycles. The van der Waals surface area contributed by atoms with Gasteiger partial charge in [0.15, 0.2) is 0 Å². The molecule has 2 rings (SSSR count). The smallest absolute Gasteiger partial charge is 0.269 e. The van der Waals surface area contributed by atoms with Crippen molar-refractivity contribution < 1.29 is 18.1 Å². The van der Waals surface area contributed by atoms with Gasteiger partial charge in [-0.3, -0.25) is 14.9 Å². The standard InChI is InChI=1S/C16H24N4O5S/c1-12-7-9-19(14(10-12)11-17)16(21)6-8-18-26(24,25)15-4-2-13(3-5-15)20(22)23/h2-5,12,14,18H,6-11,17H2,1H3. The average Bonchev–Trinajstić information content (AvgIpc) is 2.61. The second kappa shape index (κ2) is 8.56. The van der Waals surface area contributed by atoms with Crippen LogP contribution in [0.3, 0.4) is 0 Å². The van der Waals surface area contributed by atoms with E-state index in [1.54, 1.807) is 4.90 Å². The Morgan fingerprint density at radius 2 is 2.04 bits per heavy atom. The lowest BCUT2D eigenvalue weighted by Crippen LogP contribution is -2.49. The fourth-order valence-corrected chi connectivity index (χ4v) is 4.10. The Hall–Kier alpha value is -2.04. The minimum atomic E-state index is -3.83. The van der Waals surface area contributed by atoms with Crippen LogP contribution in [-0.4, -0.2) is 49.8 Å². The summed E-state index contributed by atoms with van der Waals surface area (Å²) < 4.78 is 26.8. The van der Waals surface area contributed by atoms with E-state index >= 15 is 0 Å². The lowest BCUT2D eigenvalue weighted by atomic mass is 9.92. The van der Waals surface area contributed by atoms with Crippen molar-refractivity contribution in [1.29, 1.82) is 0 Å². The van der Waals surface area contributed by atoms with E-state index in [0.717, 1.165) is 25.0 Å². The van der Waals surface area contributed by atoms with Gasteiger partial charge in [-0.05, 0) is 30.9 Å². The molecule has 0 aromatic heterocycles. The lowest BCUT2D eigenvalue weighted by Gasteiger charge is -2.38. The third kappa shape index (κ3) is 4.99. The number of nitrogens with one attached hydrogen (secondary N) is 1. The maximum absolute atomic E-state index is 12.4. The molecule has 0 bridgehead atoms. The number of sulfonamides is 1. The molecule has 26 heavy (non-hydrogen) atoms. The Morgan fingerprint density at radius 3 is 2.62 bits per heavy atom. The summed E-state index contributed by atoms with van der Waals surface area (Å²) in [5.74, 6) is 0.395. The molecule has 3 N–H and O–H groups in total. The first kappa shape index (κ1) is 20.3. The fraction of sp³-hybridized carbons (Fsp3) is 0.562. The first-order valence-corrected chi connectivity index (χ1v) is 9.96. The minimum absolute atomic E-state index is 0.00229. The second-order valence-corrected chi connectivity index (χ2v) is 8.27. The van der Waals surface area contributed by atoms with Crippen molar-refractivity contribution in [3.05, 3.63) is 34.4 Å². The van der Waals surface area contributed by atoms with Crippen LogP contribution in [0.2, 0.25) is 0 Å². The summed E-state index contributed by atoms with van der Waals surface area (Å²) in [5.41, 5.74) is 5.56. The van der Waals surface area contributed by atoms with Gasteiger partial charge in [-0.2, -0.15) is 0 Å². The number of rotatable bonds is 7. The van der Waals surface area contributed by atoms with Crippen molar-refractivity contribution in [2.45, 2.75) is 37.1 Å². The van der Waals surface area contributed by atoms with Gasteiger partial charge in [0.25, 0.3) is 5.69 Å². The summed E-state index contributed by atoms with van der Waals surface area (Å²) in [5, 5.41) is 10.6. The van der Waals surface area contributed by atoms with Crippen molar-refractivity contribution in [3.8, 4) is 0 Å². The molecule has 0 radical (unpaired) electrons. The van der Waals surface area contributed by atoms with E-state index in [9.17, 15) is 23.3 Å². The van der Waals surface area contributed by atoms with E-state index in [0.29, 0.717) is 19.0 Å². The number of nitro benzene ring substituents is 1. The van der Waals surface area contributed by atoms with Crippen LogP contribution in [-0.2, 0) is 14.8 Å². The molecule has 2 atom stereocenters. The van der Waals surface area contributed by atoms with E-state index < -0.39 is 14.9 Å². The average molecular weight is 384 g/mol. The van der Waals surface area contributed by atoms with Gasteiger partial charge in [-0.25, -0.2) is 13.1 Å². The predicted molar refractivity (Wildman–Crippen MR) is 95.9 cm³/mol. The van der Waals surface area contributed by atoms with Crippen LogP contribution in [0.4, 0.5) is 5.69 Å². The minimum Gasteiger partial charge on any atom is -0.338 e. The van der Waals surface area contributed by atoms with E-state index in [2.05, 4.69) is 11.6 Å². The van der Waals surface area contributed by atoms with Gasteiger partial charge in [0.1, 0.15) is 0 Å². The molecule has 1 saturated heterocycles. The van der Waals surface area contributed by atoms with E-state index in [1.807, 2.05) is 0 Å². The van der Waals surface area contributed by atoms with Crippen LogP contribution in [0.1, 0.15) is 26.2 Å². The van der Waals surface area contributed by atoms with Gasteiger partial charge in [-0.15, -0.1) is 0 Å². The summed E-state index contributed by atoms with van der Waals surface area (Å²) in [4.78, 5) is 24.1. The zero-order valence-electron chi connectivity index (χ0n) is 14.6. The molecule has 1 aromatic rings. The van der Waals surface area contributed by atoms with Gasteiger partial charge in [0, 0.05) is 44.2 Å². The number of nitrogens with zero attached hydrogens (tertiary/aromatic N) is 2. The highest BCUT2D eigenvalue weighted by molar-refractivity contribution is 7.89. The molecular formula is C16H24N4O5S. The van der Waals surface area contributed by atoms with Crippen LogP contribution in [0, 0.1) is 16.0 Å². The summed E-state index contributed by atoms with van der Waals surface area (Å²) in [7, 11) is -3.83. The monoisotopic (exact) mass is 384 g/mol. The third-order valence-electron chi connectivity index (χ3n) is 4.56. The molecule has 10 heteroatoms. The Balaban J connectivity index is 1.91. The Kier molecular flexibility index (Phi) is 6.68. The molecule has 144 valence electrons. The molecular weight excluding hydrogens is 360 g/mol. The first-order valence-electron chi connectivity index (χ1n) is 8.48. The van der Waals surface area contributed by atoms with Crippen molar-refractivity contribution in [3.63, 3.8) is 0 Å². The van der Waals surface area contributed by atoms with Gasteiger partial charge < -0.3 is 10.6 Å². The molecule has 1 heterocycles. The molecule has 1 aliphatic heterocycles. The van der Waals surface area contributed by atoms with Crippen LogP contribution < -0.4 is 10.5 Å². The fourth-order valence-electron chi connectivity index (χ4n) is 3.07. The van der Waals surface area contributed by atoms with Crippen molar-refractivity contribution in [1.82, 2.24) is 9.62 Å². The van der Waals surface area contributed by atoms with Crippen LogP contribution in [0.5, 0.6) is 0 Å². The number of nitrogens with two attached hydrogens (primary N) is 1. The van der Waals surface area contributed by atoms with Crippen molar-refractivity contribution in [2.75, 3.05) is 19.6 Å². The maximum Gasteiger partial charge on any atom is 0.269 e. The zero-order valence-corrected chi connectivity index (χ0v) is 15.4. The Morgan fingerprint density at radius 1 is 1.38 bits per heavy atom. The maximum atomic E-state index is 12.4. The summed E-state index contributed by atoms with van der Waals surface area (Å²) in [6.07, 6.45) is 1.81. The number of benzene rings is 1. The molecule has 2 unspecified atom stereocenters.